The molecule has 0 aromatic heterocycles. The number of hydrogen-bond donors (Lipinski definition) is 0. The molecule has 0 radical (unpaired) electrons. The average Bonchev–Trinajstić information content (AvgIpc) is 3.37. The first-order valence-corrected chi connectivity index (χ1v) is 13.1. The van der Waals surface area contributed by atoms with Gasteiger partial charge in [-0.1, -0.05) is 12.1 Å². The SMILES string of the molecule is CN1CC(C(=O)N2CC(c3ccc(F)cc3)C(N(C)C(=O)N(C)c3cc(C(F)(F)F)cc(C(F)(F)F)c3)C2)CCC1=O. The summed E-state index contributed by atoms with van der Waals surface area (Å²) >= 11 is 0. The van der Waals surface area contributed by atoms with E-state index in [4.69, 9.17) is 0 Å². The average molecular weight is 603 g/mol. The monoisotopic (exact) mass is 602 g/mol. The Kier molecular flexibility index (Phi) is 8.47. The highest BCUT2D eigenvalue weighted by Gasteiger charge is 2.44. The molecule has 2 aliphatic heterocycles. The van der Waals surface area contributed by atoms with Gasteiger partial charge in [-0.15, -0.1) is 0 Å². The number of amides is 4. The molecular weight excluding hydrogens is 573 g/mol. The number of rotatable bonds is 4. The summed E-state index contributed by atoms with van der Waals surface area (Å²) in [5, 5.41) is 0. The maximum atomic E-state index is 13.7. The molecule has 0 aliphatic carbocycles. The minimum atomic E-state index is -5.09. The lowest BCUT2D eigenvalue weighted by Gasteiger charge is -2.33. The van der Waals surface area contributed by atoms with E-state index in [1.165, 1.54) is 46.0 Å². The molecule has 3 atom stereocenters. The number of alkyl halides is 6. The summed E-state index contributed by atoms with van der Waals surface area (Å²) in [6.45, 7) is 0.364. The van der Waals surface area contributed by atoms with Crippen molar-refractivity contribution in [1.82, 2.24) is 14.7 Å². The molecule has 0 N–H and O–H groups in total. The van der Waals surface area contributed by atoms with E-state index in [0.717, 1.165) is 7.05 Å². The number of urea groups is 1. The number of likely N-dealkylation sites (tertiary alicyclic amines) is 2. The molecule has 2 fully saturated rings. The van der Waals surface area contributed by atoms with Crippen molar-refractivity contribution in [3.63, 3.8) is 0 Å². The fraction of sp³-hybridized carbons (Fsp3) is 0.464. The van der Waals surface area contributed by atoms with Crippen molar-refractivity contribution in [2.24, 2.45) is 5.92 Å². The highest BCUT2D eigenvalue weighted by molar-refractivity contribution is 5.92. The second kappa shape index (κ2) is 11.4. The Labute approximate surface area is 237 Å². The van der Waals surface area contributed by atoms with Gasteiger partial charge in [0.05, 0.1) is 23.1 Å². The zero-order valence-corrected chi connectivity index (χ0v) is 23.0. The van der Waals surface area contributed by atoms with Gasteiger partial charge in [-0.3, -0.25) is 14.5 Å². The van der Waals surface area contributed by atoms with Crippen LogP contribution in [0.1, 0.15) is 35.4 Å². The highest BCUT2D eigenvalue weighted by Crippen LogP contribution is 2.39. The molecule has 42 heavy (non-hydrogen) atoms. The first-order valence-electron chi connectivity index (χ1n) is 13.1. The van der Waals surface area contributed by atoms with Gasteiger partial charge in [-0.25, -0.2) is 9.18 Å². The molecule has 2 aliphatic rings. The highest BCUT2D eigenvalue weighted by atomic mass is 19.4. The van der Waals surface area contributed by atoms with Crippen LogP contribution < -0.4 is 4.90 Å². The Balaban J connectivity index is 1.63. The van der Waals surface area contributed by atoms with Gasteiger partial charge in [0.25, 0.3) is 0 Å². The summed E-state index contributed by atoms with van der Waals surface area (Å²) in [6, 6.07) is 4.68. The summed E-state index contributed by atoms with van der Waals surface area (Å²) in [5.74, 6) is -1.85. The van der Waals surface area contributed by atoms with Crippen LogP contribution in [-0.4, -0.2) is 79.4 Å². The second-order valence-electron chi connectivity index (χ2n) is 10.7. The number of halogens is 7. The van der Waals surface area contributed by atoms with E-state index in [0.29, 0.717) is 29.0 Å². The number of carbonyl (C=O) groups excluding carboxylic acids is 3. The Morgan fingerprint density at radius 1 is 0.881 bits per heavy atom. The number of anilines is 1. The molecule has 228 valence electrons. The molecule has 2 aromatic rings. The van der Waals surface area contributed by atoms with Crippen molar-refractivity contribution in [3.05, 3.63) is 65.0 Å². The standard InChI is InChI=1S/C28H29F7N4O3/c1-36-13-17(6-9-24(36)40)25(41)39-14-22(16-4-7-20(29)8-5-16)23(15-39)38(3)26(42)37(2)21-11-18(27(30,31)32)10-19(12-21)28(33,34)35/h4-5,7-8,10-12,17,22-23H,6,9,13-15H2,1-3H3. The smallest absolute Gasteiger partial charge is 0.345 e. The van der Waals surface area contributed by atoms with Gasteiger partial charge in [0.15, 0.2) is 0 Å². The molecule has 2 aromatic carbocycles. The molecule has 0 spiro atoms. The van der Waals surface area contributed by atoms with Crippen LogP contribution in [0, 0.1) is 11.7 Å². The van der Waals surface area contributed by atoms with Crippen LogP contribution >= 0.6 is 0 Å². The Hall–Kier alpha value is -3.84. The zero-order valence-electron chi connectivity index (χ0n) is 23.0. The van der Waals surface area contributed by atoms with Crippen molar-refractivity contribution in [2.75, 3.05) is 45.7 Å². The Bertz CT molecular complexity index is 1310. The maximum absolute atomic E-state index is 13.7. The second-order valence-corrected chi connectivity index (χ2v) is 10.7. The molecule has 0 bridgehead atoms. The number of piperidine rings is 1. The first kappa shape index (κ1) is 31.1. The van der Waals surface area contributed by atoms with E-state index in [9.17, 15) is 45.1 Å². The van der Waals surface area contributed by atoms with Gasteiger partial charge in [0, 0.05) is 58.8 Å². The third-order valence-electron chi connectivity index (χ3n) is 7.92. The van der Waals surface area contributed by atoms with Crippen LogP contribution in [0.25, 0.3) is 0 Å². The Morgan fingerprint density at radius 3 is 1.98 bits per heavy atom. The van der Waals surface area contributed by atoms with Gasteiger partial charge in [-0.05, 0) is 42.3 Å². The van der Waals surface area contributed by atoms with E-state index < -0.39 is 58.9 Å². The van der Waals surface area contributed by atoms with Crippen molar-refractivity contribution in [2.45, 2.75) is 37.2 Å². The minimum Gasteiger partial charge on any atom is -0.345 e. The van der Waals surface area contributed by atoms with E-state index in [-0.39, 0.29) is 43.9 Å². The fourth-order valence-electron chi connectivity index (χ4n) is 5.49. The summed E-state index contributed by atoms with van der Waals surface area (Å²) in [7, 11) is 4.00. The van der Waals surface area contributed by atoms with Crippen LogP contribution in [0.2, 0.25) is 0 Å². The normalized spacial score (nSPS) is 21.5. The molecule has 0 saturated carbocycles. The predicted octanol–water partition coefficient (Wildman–Crippen LogP) is 5.21. The molecule has 4 rings (SSSR count). The molecule has 3 unspecified atom stereocenters. The van der Waals surface area contributed by atoms with E-state index in [1.54, 1.807) is 7.05 Å². The summed E-state index contributed by atoms with van der Waals surface area (Å²) < 4.78 is 94.2. The van der Waals surface area contributed by atoms with Crippen LogP contribution in [0.3, 0.4) is 0 Å². The van der Waals surface area contributed by atoms with E-state index in [2.05, 4.69) is 0 Å². The van der Waals surface area contributed by atoms with Gasteiger partial charge in [0.2, 0.25) is 11.8 Å². The van der Waals surface area contributed by atoms with Crippen LogP contribution in [0.4, 0.5) is 41.2 Å². The largest absolute Gasteiger partial charge is 0.416 e. The van der Waals surface area contributed by atoms with Crippen molar-refractivity contribution in [1.29, 1.82) is 0 Å². The van der Waals surface area contributed by atoms with Crippen molar-refractivity contribution >= 4 is 23.5 Å². The van der Waals surface area contributed by atoms with Crippen LogP contribution in [0.5, 0.6) is 0 Å². The van der Waals surface area contributed by atoms with E-state index in [1.807, 2.05) is 0 Å². The number of benzene rings is 2. The molecule has 4 amide bonds. The van der Waals surface area contributed by atoms with Crippen LogP contribution in [-0.2, 0) is 21.9 Å². The van der Waals surface area contributed by atoms with Crippen LogP contribution in [0.15, 0.2) is 42.5 Å². The van der Waals surface area contributed by atoms with Gasteiger partial charge < -0.3 is 14.7 Å². The van der Waals surface area contributed by atoms with Crippen molar-refractivity contribution in [3.8, 4) is 0 Å². The van der Waals surface area contributed by atoms with E-state index >= 15 is 0 Å². The summed E-state index contributed by atoms with van der Waals surface area (Å²) in [6.07, 6.45) is -9.64. The topological polar surface area (TPSA) is 64.2 Å². The van der Waals surface area contributed by atoms with Gasteiger partial charge >= 0.3 is 18.4 Å². The summed E-state index contributed by atoms with van der Waals surface area (Å²) in [4.78, 5) is 43.7. The fourth-order valence-corrected chi connectivity index (χ4v) is 5.49. The zero-order chi connectivity index (χ0) is 31.1. The number of hydrogen-bond acceptors (Lipinski definition) is 3. The number of carbonyl (C=O) groups is 3. The van der Waals surface area contributed by atoms with Gasteiger partial charge in [0.1, 0.15) is 5.82 Å². The summed E-state index contributed by atoms with van der Waals surface area (Å²) in [5.41, 5.74) is -3.15. The molecule has 7 nitrogen and oxygen atoms in total. The quantitative estimate of drug-likeness (QED) is 0.452. The third kappa shape index (κ3) is 6.46. The van der Waals surface area contributed by atoms with Gasteiger partial charge in [-0.2, -0.15) is 26.3 Å². The molecule has 14 heteroatoms. The maximum Gasteiger partial charge on any atom is 0.416 e. The predicted molar refractivity (Wildman–Crippen MR) is 138 cm³/mol. The lowest BCUT2D eigenvalue weighted by Crippen LogP contribution is -2.48. The lowest BCUT2D eigenvalue weighted by molar-refractivity contribution is -0.144. The molecule has 2 saturated heterocycles. The minimum absolute atomic E-state index is 0.0154. The molecule has 2 heterocycles. The third-order valence-corrected chi connectivity index (χ3v) is 7.92. The Morgan fingerprint density at radius 2 is 1.45 bits per heavy atom. The first-order chi connectivity index (χ1) is 19.5. The number of nitrogens with zero attached hydrogens (tertiary/aromatic N) is 4. The molecular formula is C28H29F7N4O3. The van der Waals surface area contributed by atoms with Crippen molar-refractivity contribution < 1.29 is 45.1 Å². The lowest BCUT2D eigenvalue weighted by atomic mass is 9.93. The number of likely N-dealkylation sites (N-methyl/N-ethyl adjacent to an activating group) is 1.